The van der Waals surface area contributed by atoms with Crippen molar-refractivity contribution in [3.05, 3.63) is 0 Å². The number of rotatable bonds is 2. The highest BCUT2D eigenvalue weighted by atomic mass is 16.5. The van der Waals surface area contributed by atoms with Crippen LogP contribution in [0.15, 0.2) is 0 Å². The van der Waals surface area contributed by atoms with Crippen LogP contribution in [0, 0.1) is 11.3 Å². The van der Waals surface area contributed by atoms with Crippen LogP contribution in [-0.4, -0.2) is 23.3 Å². The van der Waals surface area contributed by atoms with Gasteiger partial charge in [-0.1, -0.05) is 25.7 Å². The lowest BCUT2D eigenvalue weighted by molar-refractivity contribution is -0.157. The normalized spacial score (nSPS) is 42.6. The van der Waals surface area contributed by atoms with Gasteiger partial charge in [-0.25, -0.2) is 0 Å². The first-order valence-electron chi connectivity index (χ1n) is 7.12. The highest BCUT2D eigenvalue weighted by Crippen LogP contribution is 2.55. The van der Waals surface area contributed by atoms with E-state index in [4.69, 9.17) is 4.74 Å². The van der Waals surface area contributed by atoms with Gasteiger partial charge in [-0.3, -0.25) is 4.79 Å². The number of carboxylic acids is 1. The Labute approximate surface area is 103 Å². The monoisotopic (exact) mass is 238 g/mol. The van der Waals surface area contributed by atoms with Crippen LogP contribution in [0.4, 0.5) is 0 Å². The van der Waals surface area contributed by atoms with Gasteiger partial charge >= 0.3 is 5.97 Å². The molecule has 0 aromatic carbocycles. The molecule has 1 saturated carbocycles. The molecule has 2 aliphatic heterocycles. The van der Waals surface area contributed by atoms with Gasteiger partial charge in [0.25, 0.3) is 0 Å². The molecule has 17 heavy (non-hydrogen) atoms. The van der Waals surface area contributed by atoms with Crippen molar-refractivity contribution in [2.24, 2.45) is 11.3 Å². The van der Waals surface area contributed by atoms with Crippen molar-refractivity contribution in [3.8, 4) is 0 Å². The molecule has 0 radical (unpaired) electrons. The van der Waals surface area contributed by atoms with Crippen LogP contribution in [0.1, 0.15) is 57.8 Å². The number of aliphatic carboxylic acids is 1. The van der Waals surface area contributed by atoms with E-state index in [0.717, 1.165) is 32.1 Å². The second kappa shape index (κ2) is 4.27. The van der Waals surface area contributed by atoms with Gasteiger partial charge in [-0.15, -0.1) is 0 Å². The molecule has 2 saturated heterocycles. The predicted molar refractivity (Wildman–Crippen MR) is 63.8 cm³/mol. The molecule has 3 atom stereocenters. The van der Waals surface area contributed by atoms with Crippen LogP contribution >= 0.6 is 0 Å². The van der Waals surface area contributed by atoms with E-state index >= 15 is 0 Å². The van der Waals surface area contributed by atoms with Crippen molar-refractivity contribution in [2.75, 3.05) is 0 Å². The van der Waals surface area contributed by atoms with Crippen molar-refractivity contribution in [1.29, 1.82) is 0 Å². The average Bonchev–Trinajstić information content (AvgIpc) is 2.81. The fourth-order valence-electron chi connectivity index (χ4n) is 4.37. The van der Waals surface area contributed by atoms with Crippen molar-refractivity contribution in [3.63, 3.8) is 0 Å². The molecular weight excluding hydrogens is 216 g/mol. The summed E-state index contributed by atoms with van der Waals surface area (Å²) in [6.45, 7) is 0. The lowest BCUT2D eigenvalue weighted by atomic mass is 9.63. The van der Waals surface area contributed by atoms with E-state index < -0.39 is 11.4 Å². The molecule has 0 spiro atoms. The SMILES string of the molecule is O=C(O)C1(C2CCCCCC2)CC2CCC1O2. The molecule has 1 N–H and O–H groups in total. The summed E-state index contributed by atoms with van der Waals surface area (Å²) in [7, 11) is 0. The molecule has 3 aliphatic rings. The van der Waals surface area contributed by atoms with Gasteiger partial charge in [-0.05, 0) is 38.0 Å². The maximum absolute atomic E-state index is 11.8. The molecule has 96 valence electrons. The summed E-state index contributed by atoms with van der Waals surface area (Å²) < 4.78 is 5.86. The van der Waals surface area contributed by atoms with Gasteiger partial charge in [0.2, 0.25) is 0 Å². The zero-order chi connectivity index (χ0) is 11.9. The smallest absolute Gasteiger partial charge is 0.312 e. The van der Waals surface area contributed by atoms with E-state index in [1.54, 1.807) is 0 Å². The lowest BCUT2D eigenvalue weighted by Crippen LogP contribution is -2.46. The van der Waals surface area contributed by atoms with Crippen molar-refractivity contribution >= 4 is 5.97 Å². The van der Waals surface area contributed by atoms with Crippen LogP contribution in [-0.2, 0) is 9.53 Å². The molecule has 3 fully saturated rings. The first kappa shape index (κ1) is 11.5. The van der Waals surface area contributed by atoms with E-state index in [1.807, 2.05) is 0 Å². The zero-order valence-electron chi connectivity index (χ0n) is 10.4. The Hall–Kier alpha value is -0.570. The molecule has 3 heteroatoms. The summed E-state index contributed by atoms with van der Waals surface area (Å²) in [5, 5.41) is 9.75. The second-order valence-electron chi connectivity index (χ2n) is 6.06. The van der Waals surface area contributed by atoms with E-state index in [-0.39, 0.29) is 12.2 Å². The minimum absolute atomic E-state index is 0.00750. The van der Waals surface area contributed by atoms with E-state index in [1.165, 1.54) is 25.7 Å². The number of hydrogen-bond donors (Lipinski definition) is 1. The van der Waals surface area contributed by atoms with Crippen LogP contribution in [0.3, 0.4) is 0 Å². The topological polar surface area (TPSA) is 46.5 Å². The number of carbonyl (C=O) groups is 1. The summed E-state index contributed by atoms with van der Waals surface area (Å²) in [5.41, 5.74) is -0.534. The quantitative estimate of drug-likeness (QED) is 0.752. The van der Waals surface area contributed by atoms with E-state index in [2.05, 4.69) is 0 Å². The molecule has 0 aromatic rings. The number of carboxylic acid groups (broad SMARTS) is 1. The van der Waals surface area contributed by atoms with Crippen LogP contribution in [0.25, 0.3) is 0 Å². The minimum atomic E-state index is -0.586. The Morgan fingerprint density at radius 2 is 1.76 bits per heavy atom. The third-order valence-corrected chi connectivity index (χ3v) is 5.23. The van der Waals surface area contributed by atoms with Gasteiger partial charge < -0.3 is 9.84 Å². The summed E-state index contributed by atoms with van der Waals surface area (Å²) in [5.74, 6) is -0.227. The van der Waals surface area contributed by atoms with Crippen LogP contribution < -0.4 is 0 Å². The Balaban J connectivity index is 1.86. The van der Waals surface area contributed by atoms with Gasteiger partial charge in [0.1, 0.15) is 0 Å². The van der Waals surface area contributed by atoms with Crippen molar-refractivity contribution < 1.29 is 14.6 Å². The maximum atomic E-state index is 11.8. The second-order valence-corrected chi connectivity index (χ2v) is 6.06. The number of hydrogen-bond acceptors (Lipinski definition) is 2. The van der Waals surface area contributed by atoms with Crippen LogP contribution in [0.2, 0.25) is 0 Å². The summed E-state index contributed by atoms with van der Waals surface area (Å²) >= 11 is 0. The summed E-state index contributed by atoms with van der Waals surface area (Å²) in [6.07, 6.45) is 10.2. The van der Waals surface area contributed by atoms with E-state index in [9.17, 15) is 9.90 Å². The van der Waals surface area contributed by atoms with Gasteiger partial charge in [0.15, 0.2) is 0 Å². The Kier molecular flexibility index (Phi) is 2.89. The van der Waals surface area contributed by atoms with Crippen LogP contribution in [0.5, 0.6) is 0 Å². The predicted octanol–water partition coefficient (Wildman–Crippen LogP) is 2.98. The minimum Gasteiger partial charge on any atom is -0.481 e. The highest BCUT2D eigenvalue weighted by Gasteiger charge is 2.60. The van der Waals surface area contributed by atoms with Gasteiger partial charge in [-0.2, -0.15) is 0 Å². The first-order chi connectivity index (χ1) is 8.23. The molecular formula is C14H22O3. The summed E-state index contributed by atoms with van der Waals surface area (Å²) in [6, 6.07) is 0. The lowest BCUT2D eigenvalue weighted by Gasteiger charge is -2.38. The molecule has 2 bridgehead atoms. The highest BCUT2D eigenvalue weighted by molar-refractivity contribution is 5.76. The third-order valence-electron chi connectivity index (χ3n) is 5.23. The first-order valence-corrected chi connectivity index (χ1v) is 7.12. The largest absolute Gasteiger partial charge is 0.481 e. The molecule has 1 aliphatic carbocycles. The molecule has 2 heterocycles. The van der Waals surface area contributed by atoms with Gasteiger partial charge in [0, 0.05) is 0 Å². The molecule has 0 amide bonds. The number of fused-ring (bicyclic) bond motifs is 2. The Morgan fingerprint density at radius 3 is 2.24 bits per heavy atom. The third kappa shape index (κ3) is 1.70. The maximum Gasteiger partial charge on any atom is 0.312 e. The van der Waals surface area contributed by atoms with Crippen molar-refractivity contribution in [2.45, 2.75) is 70.0 Å². The average molecular weight is 238 g/mol. The molecule has 3 nitrogen and oxygen atoms in total. The fourth-order valence-corrected chi connectivity index (χ4v) is 4.37. The molecule has 3 unspecified atom stereocenters. The fraction of sp³-hybridized carbons (Fsp3) is 0.929. The number of ether oxygens (including phenoxy) is 1. The zero-order valence-corrected chi connectivity index (χ0v) is 10.4. The molecule has 3 rings (SSSR count). The Bertz CT molecular complexity index is 307. The standard InChI is InChI=1S/C14H22O3/c15-13(16)14(9-11-7-8-12(14)17-11)10-5-3-1-2-4-6-10/h10-12H,1-9H2,(H,15,16). The summed E-state index contributed by atoms with van der Waals surface area (Å²) in [4.78, 5) is 11.8. The van der Waals surface area contributed by atoms with Crippen molar-refractivity contribution in [1.82, 2.24) is 0 Å². The Morgan fingerprint density at radius 1 is 1.06 bits per heavy atom. The molecule has 0 aromatic heterocycles. The van der Waals surface area contributed by atoms with E-state index in [0.29, 0.717) is 5.92 Å². The van der Waals surface area contributed by atoms with Gasteiger partial charge in [0.05, 0.1) is 17.6 Å².